The molecule has 2 aromatic carbocycles. The van der Waals surface area contributed by atoms with Gasteiger partial charge >= 0.3 is 0 Å². The van der Waals surface area contributed by atoms with Crippen LogP contribution in [0.2, 0.25) is 0 Å². The minimum Gasteiger partial charge on any atom is -0.134 e. The summed E-state index contributed by atoms with van der Waals surface area (Å²) in [4.78, 5) is 0. The van der Waals surface area contributed by atoms with Crippen LogP contribution in [0.15, 0.2) is 42.5 Å². The molecule has 0 saturated carbocycles. The Labute approximate surface area is 123 Å². The van der Waals surface area contributed by atoms with E-state index in [1.165, 1.54) is 57.0 Å². The third kappa shape index (κ3) is 1.81. The minimum absolute atomic E-state index is 1.24. The second-order valence-electron chi connectivity index (χ2n) is 5.71. The fraction of sp³-hybridized carbons (Fsp3) is 0.263. The van der Waals surface area contributed by atoms with Gasteiger partial charge in [0.2, 0.25) is 0 Å². The van der Waals surface area contributed by atoms with Crippen LogP contribution in [0.25, 0.3) is 25.7 Å². The van der Waals surface area contributed by atoms with Crippen LogP contribution in [0.5, 0.6) is 0 Å². The summed E-state index contributed by atoms with van der Waals surface area (Å²) in [6, 6.07) is 13.5. The van der Waals surface area contributed by atoms with E-state index in [2.05, 4.69) is 49.4 Å². The SMILES string of the molecule is Cc1cccc2c1sc1c(C3=CCCCC3)cccc12. The Kier molecular flexibility index (Phi) is 2.89. The topological polar surface area (TPSA) is 0 Å². The quantitative estimate of drug-likeness (QED) is 0.488. The zero-order valence-corrected chi connectivity index (χ0v) is 12.6. The Bertz CT molecular complexity index is 820. The van der Waals surface area contributed by atoms with E-state index in [1.807, 2.05) is 11.3 Å². The molecule has 0 fully saturated rings. The molecule has 0 atom stereocenters. The number of thiophene rings is 1. The molecule has 100 valence electrons. The molecule has 0 nitrogen and oxygen atoms in total. The van der Waals surface area contributed by atoms with Gasteiger partial charge in [-0.1, -0.05) is 42.5 Å². The average Bonchev–Trinajstić information content (AvgIpc) is 2.88. The molecule has 0 saturated heterocycles. The second kappa shape index (κ2) is 4.75. The van der Waals surface area contributed by atoms with Gasteiger partial charge < -0.3 is 0 Å². The maximum absolute atomic E-state index is 2.45. The summed E-state index contributed by atoms with van der Waals surface area (Å²) in [6.45, 7) is 2.22. The first-order chi connectivity index (χ1) is 9.84. The fourth-order valence-electron chi connectivity index (χ4n) is 3.30. The number of aryl methyl sites for hydroxylation is 1. The molecule has 0 spiro atoms. The maximum Gasteiger partial charge on any atom is 0.0430 e. The van der Waals surface area contributed by atoms with Crippen LogP contribution in [0.1, 0.15) is 36.8 Å². The van der Waals surface area contributed by atoms with E-state index in [-0.39, 0.29) is 0 Å². The maximum atomic E-state index is 2.45. The van der Waals surface area contributed by atoms with Crippen LogP contribution >= 0.6 is 11.3 Å². The Morgan fingerprint density at radius 2 is 1.70 bits per heavy atom. The summed E-state index contributed by atoms with van der Waals surface area (Å²) in [6.07, 6.45) is 7.63. The monoisotopic (exact) mass is 278 g/mol. The molecule has 3 aromatic rings. The lowest BCUT2D eigenvalue weighted by Gasteiger charge is -2.13. The zero-order chi connectivity index (χ0) is 13.5. The van der Waals surface area contributed by atoms with Gasteiger partial charge in [0.25, 0.3) is 0 Å². The molecule has 4 rings (SSSR count). The van der Waals surface area contributed by atoms with Crippen molar-refractivity contribution in [2.75, 3.05) is 0 Å². The Hall–Kier alpha value is -1.60. The summed E-state index contributed by atoms with van der Waals surface area (Å²) in [5, 5.41) is 2.85. The van der Waals surface area contributed by atoms with Crippen LogP contribution in [0.4, 0.5) is 0 Å². The normalized spacial score (nSPS) is 15.8. The summed E-state index contributed by atoms with van der Waals surface area (Å²) >= 11 is 1.97. The van der Waals surface area contributed by atoms with Crippen LogP contribution < -0.4 is 0 Å². The molecule has 1 aliphatic carbocycles. The lowest BCUT2D eigenvalue weighted by molar-refractivity contribution is 0.742. The Morgan fingerprint density at radius 1 is 0.900 bits per heavy atom. The Morgan fingerprint density at radius 3 is 2.50 bits per heavy atom. The molecule has 0 N–H and O–H groups in total. The van der Waals surface area contributed by atoms with E-state index in [1.54, 1.807) is 5.57 Å². The fourth-order valence-corrected chi connectivity index (χ4v) is 4.61. The molecule has 1 aromatic heterocycles. The highest BCUT2D eigenvalue weighted by Crippen LogP contribution is 2.41. The van der Waals surface area contributed by atoms with Crippen molar-refractivity contribution in [2.45, 2.75) is 32.6 Å². The van der Waals surface area contributed by atoms with Crippen molar-refractivity contribution in [3.63, 3.8) is 0 Å². The average molecular weight is 278 g/mol. The number of allylic oxidation sites excluding steroid dienone is 2. The van der Waals surface area contributed by atoms with E-state index < -0.39 is 0 Å². The van der Waals surface area contributed by atoms with Gasteiger partial charge in [-0.2, -0.15) is 0 Å². The van der Waals surface area contributed by atoms with Crippen LogP contribution in [0, 0.1) is 6.92 Å². The van der Waals surface area contributed by atoms with Gasteiger partial charge in [-0.15, -0.1) is 11.3 Å². The van der Waals surface area contributed by atoms with Gasteiger partial charge in [-0.3, -0.25) is 0 Å². The highest BCUT2D eigenvalue weighted by atomic mass is 32.1. The largest absolute Gasteiger partial charge is 0.134 e. The third-order valence-corrected chi connectivity index (χ3v) is 5.75. The van der Waals surface area contributed by atoms with E-state index in [4.69, 9.17) is 0 Å². The van der Waals surface area contributed by atoms with Crippen molar-refractivity contribution in [1.29, 1.82) is 0 Å². The minimum atomic E-state index is 1.24. The van der Waals surface area contributed by atoms with E-state index in [0.29, 0.717) is 0 Å². The molecule has 20 heavy (non-hydrogen) atoms. The van der Waals surface area contributed by atoms with Gasteiger partial charge in [-0.05, 0) is 49.3 Å². The Balaban J connectivity index is 2.05. The van der Waals surface area contributed by atoms with E-state index in [0.717, 1.165) is 0 Å². The molecule has 0 unspecified atom stereocenters. The molecule has 0 radical (unpaired) electrons. The molecule has 1 aliphatic rings. The molecule has 0 amide bonds. The molecule has 0 bridgehead atoms. The first-order valence-corrected chi connectivity index (χ1v) is 8.26. The first-order valence-electron chi connectivity index (χ1n) is 7.45. The highest BCUT2D eigenvalue weighted by molar-refractivity contribution is 7.26. The van der Waals surface area contributed by atoms with Gasteiger partial charge in [0.05, 0.1) is 0 Å². The summed E-state index contributed by atoms with van der Waals surface area (Å²) in [5.41, 5.74) is 4.43. The van der Waals surface area contributed by atoms with Gasteiger partial charge in [0, 0.05) is 20.2 Å². The van der Waals surface area contributed by atoms with Crippen LogP contribution in [-0.4, -0.2) is 0 Å². The summed E-state index contributed by atoms with van der Waals surface area (Å²) in [7, 11) is 0. The molecular weight excluding hydrogens is 260 g/mol. The summed E-state index contributed by atoms with van der Waals surface area (Å²) < 4.78 is 2.93. The van der Waals surface area contributed by atoms with Crippen molar-refractivity contribution >= 4 is 37.1 Å². The second-order valence-corrected chi connectivity index (χ2v) is 6.73. The van der Waals surface area contributed by atoms with Crippen LogP contribution in [-0.2, 0) is 0 Å². The molecule has 0 aliphatic heterocycles. The highest BCUT2D eigenvalue weighted by Gasteiger charge is 2.13. The van der Waals surface area contributed by atoms with Crippen molar-refractivity contribution < 1.29 is 0 Å². The van der Waals surface area contributed by atoms with Crippen molar-refractivity contribution in [1.82, 2.24) is 0 Å². The standard InChI is InChI=1S/C19H18S/c1-13-7-5-11-16-17-12-6-10-15(19(17)20-18(13)16)14-8-3-2-4-9-14/h5-8,10-12H,2-4,9H2,1H3. The van der Waals surface area contributed by atoms with Gasteiger partial charge in [-0.25, -0.2) is 0 Å². The van der Waals surface area contributed by atoms with Gasteiger partial charge in [0.1, 0.15) is 0 Å². The lowest BCUT2D eigenvalue weighted by atomic mass is 9.93. The van der Waals surface area contributed by atoms with Gasteiger partial charge in [0.15, 0.2) is 0 Å². The number of rotatable bonds is 1. The molecular formula is C19H18S. The van der Waals surface area contributed by atoms with Crippen LogP contribution in [0.3, 0.4) is 0 Å². The number of benzene rings is 2. The number of fused-ring (bicyclic) bond motifs is 3. The first kappa shape index (κ1) is 12.2. The number of hydrogen-bond acceptors (Lipinski definition) is 1. The van der Waals surface area contributed by atoms with E-state index >= 15 is 0 Å². The summed E-state index contributed by atoms with van der Waals surface area (Å²) in [5.74, 6) is 0. The predicted molar refractivity (Wildman–Crippen MR) is 90.5 cm³/mol. The smallest absolute Gasteiger partial charge is 0.0430 e. The predicted octanol–water partition coefficient (Wildman–Crippen LogP) is 6.32. The van der Waals surface area contributed by atoms with Crippen molar-refractivity contribution in [2.24, 2.45) is 0 Å². The lowest BCUT2D eigenvalue weighted by Crippen LogP contribution is -1.91. The molecule has 1 heteroatoms. The number of hydrogen-bond donors (Lipinski definition) is 0. The molecule has 1 heterocycles. The van der Waals surface area contributed by atoms with Crippen molar-refractivity contribution in [3.8, 4) is 0 Å². The van der Waals surface area contributed by atoms with Crippen molar-refractivity contribution in [3.05, 3.63) is 53.6 Å². The zero-order valence-electron chi connectivity index (χ0n) is 11.8. The third-order valence-electron chi connectivity index (χ3n) is 4.36. The van der Waals surface area contributed by atoms with E-state index in [9.17, 15) is 0 Å².